The Balaban J connectivity index is 2.06. The maximum Gasteiger partial charge on any atom is 0.162 e. The topological polar surface area (TPSA) is 26.3 Å². The molecule has 1 aliphatic rings. The molecule has 1 unspecified atom stereocenters. The fraction of sp³-hybridized carbons (Fsp3) is 0.154. The molecule has 3 rings (SSSR count). The Hall–Kier alpha value is -1.61. The van der Waals surface area contributed by atoms with E-state index in [4.69, 9.17) is 4.74 Å². The molecular formula is C13H10O2S. The van der Waals surface area contributed by atoms with Crippen LogP contribution < -0.4 is 0 Å². The first-order valence-electron chi connectivity index (χ1n) is 5.15. The summed E-state index contributed by atoms with van der Waals surface area (Å²) >= 11 is 1.69. The fourth-order valence-electron chi connectivity index (χ4n) is 1.94. The van der Waals surface area contributed by atoms with Crippen molar-refractivity contribution in [3.63, 3.8) is 0 Å². The number of hydrogen-bond donors (Lipinski definition) is 0. The lowest BCUT2D eigenvalue weighted by atomic mass is 10.0. The Morgan fingerprint density at radius 2 is 2.19 bits per heavy atom. The van der Waals surface area contributed by atoms with Crippen molar-refractivity contribution in [3.8, 4) is 0 Å². The monoisotopic (exact) mass is 230 g/mol. The molecule has 0 N–H and O–H groups in total. The molecule has 0 saturated carbocycles. The number of hydrogen-bond acceptors (Lipinski definition) is 3. The first-order chi connectivity index (χ1) is 7.84. The Labute approximate surface area is 97.2 Å². The molecule has 80 valence electrons. The van der Waals surface area contributed by atoms with Crippen molar-refractivity contribution in [2.75, 3.05) is 0 Å². The minimum absolute atomic E-state index is 0.117. The smallest absolute Gasteiger partial charge is 0.162 e. The van der Waals surface area contributed by atoms with E-state index in [0.29, 0.717) is 6.42 Å². The highest BCUT2D eigenvalue weighted by Crippen LogP contribution is 2.34. The number of rotatable bonds is 1. The third kappa shape index (κ3) is 1.53. The number of allylic oxidation sites excluding steroid dienone is 1. The third-order valence-electron chi connectivity index (χ3n) is 2.74. The number of ether oxygens (including phenoxy) is 1. The van der Waals surface area contributed by atoms with E-state index in [1.807, 2.05) is 12.1 Å². The number of benzene rings is 1. The zero-order valence-electron chi connectivity index (χ0n) is 8.55. The average Bonchev–Trinajstić information content (AvgIpc) is 2.72. The van der Waals surface area contributed by atoms with Crippen LogP contribution in [-0.2, 0) is 9.53 Å². The van der Waals surface area contributed by atoms with Crippen molar-refractivity contribution in [2.45, 2.75) is 12.5 Å². The molecule has 0 amide bonds. The molecule has 2 heterocycles. The Bertz CT molecular complexity index is 568. The van der Waals surface area contributed by atoms with Gasteiger partial charge >= 0.3 is 0 Å². The first-order valence-corrected chi connectivity index (χ1v) is 6.03. The summed E-state index contributed by atoms with van der Waals surface area (Å²) in [5, 5.41) is 3.28. The van der Waals surface area contributed by atoms with Crippen LogP contribution in [0.4, 0.5) is 0 Å². The maximum absolute atomic E-state index is 11.3. The lowest BCUT2D eigenvalue weighted by molar-refractivity contribution is -0.118. The summed E-state index contributed by atoms with van der Waals surface area (Å²) in [5.74, 6) is 0.131. The summed E-state index contributed by atoms with van der Waals surface area (Å²) in [5.41, 5.74) is 1.12. The quantitative estimate of drug-likeness (QED) is 0.750. The molecule has 0 saturated heterocycles. The van der Waals surface area contributed by atoms with Crippen molar-refractivity contribution in [1.29, 1.82) is 0 Å². The standard InChI is InChI=1S/C13H10O2S/c14-9-5-6-15-12(7-9)11-8-16-13-4-2-1-3-10(11)13/h1-6,8,12H,7H2. The lowest BCUT2D eigenvalue weighted by Gasteiger charge is -2.18. The van der Waals surface area contributed by atoms with Crippen LogP contribution in [0.2, 0.25) is 0 Å². The van der Waals surface area contributed by atoms with Crippen LogP contribution in [0.5, 0.6) is 0 Å². The predicted octanol–water partition coefficient (Wildman–Crippen LogP) is 3.45. The van der Waals surface area contributed by atoms with Gasteiger partial charge in [0.1, 0.15) is 6.10 Å². The third-order valence-corrected chi connectivity index (χ3v) is 3.72. The van der Waals surface area contributed by atoms with Crippen LogP contribution >= 0.6 is 11.3 Å². The van der Waals surface area contributed by atoms with Gasteiger partial charge in [-0.3, -0.25) is 4.79 Å². The van der Waals surface area contributed by atoms with Gasteiger partial charge in [-0.2, -0.15) is 0 Å². The highest BCUT2D eigenvalue weighted by molar-refractivity contribution is 7.17. The molecule has 0 bridgehead atoms. The van der Waals surface area contributed by atoms with E-state index in [0.717, 1.165) is 5.56 Å². The van der Waals surface area contributed by atoms with Crippen LogP contribution in [0.1, 0.15) is 18.1 Å². The Morgan fingerprint density at radius 3 is 3.06 bits per heavy atom. The van der Waals surface area contributed by atoms with Crippen LogP contribution in [-0.4, -0.2) is 5.78 Å². The zero-order valence-corrected chi connectivity index (χ0v) is 9.37. The summed E-state index contributed by atoms with van der Waals surface area (Å²) in [6.45, 7) is 0. The molecule has 1 aromatic heterocycles. The van der Waals surface area contributed by atoms with Gasteiger partial charge in [0.15, 0.2) is 5.78 Å². The highest BCUT2D eigenvalue weighted by atomic mass is 32.1. The van der Waals surface area contributed by atoms with Gasteiger partial charge in [-0.05, 0) is 16.8 Å². The van der Waals surface area contributed by atoms with Crippen molar-refractivity contribution in [1.82, 2.24) is 0 Å². The molecule has 2 nitrogen and oxygen atoms in total. The van der Waals surface area contributed by atoms with E-state index in [2.05, 4.69) is 17.5 Å². The van der Waals surface area contributed by atoms with E-state index in [1.54, 1.807) is 11.3 Å². The van der Waals surface area contributed by atoms with Gasteiger partial charge in [0.2, 0.25) is 0 Å². The molecule has 0 radical (unpaired) electrons. The number of carbonyl (C=O) groups is 1. The molecule has 1 aliphatic heterocycles. The predicted molar refractivity (Wildman–Crippen MR) is 64.4 cm³/mol. The lowest BCUT2D eigenvalue weighted by Crippen LogP contribution is -2.10. The van der Waals surface area contributed by atoms with Crippen molar-refractivity contribution >= 4 is 27.2 Å². The average molecular weight is 230 g/mol. The maximum atomic E-state index is 11.3. The van der Waals surface area contributed by atoms with Gasteiger partial charge in [-0.1, -0.05) is 18.2 Å². The summed E-state index contributed by atoms with van der Waals surface area (Å²) in [6, 6.07) is 8.20. The van der Waals surface area contributed by atoms with E-state index >= 15 is 0 Å². The minimum atomic E-state index is -0.117. The number of carbonyl (C=O) groups excluding carboxylic acids is 1. The summed E-state index contributed by atoms with van der Waals surface area (Å²) in [6.07, 6.45) is 3.32. The molecular weight excluding hydrogens is 220 g/mol. The van der Waals surface area contributed by atoms with Gasteiger partial charge in [-0.15, -0.1) is 11.3 Å². The van der Waals surface area contributed by atoms with Gasteiger partial charge < -0.3 is 4.74 Å². The second-order valence-electron chi connectivity index (χ2n) is 3.79. The number of fused-ring (bicyclic) bond motifs is 1. The van der Waals surface area contributed by atoms with Gasteiger partial charge in [0.25, 0.3) is 0 Å². The molecule has 1 atom stereocenters. The summed E-state index contributed by atoms with van der Waals surface area (Å²) in [7, 11) is 0. The SMILES string of the molecule is O=C1C=COC(c2csc3ccccc23)C1. The molecule has 3 heteroatoms. The summed E-state index contributed by atoms with van der Waals surface area (Å²) < 4.78 is 6.75. The largest absolute Gasteiger partial charge is 0.493 e. The normalized spacial score (nSPS) is 20.0. The molecule has 0 aliphatic carbocycles. The number of thiophene rings is 1. The fourth-order valence-corrected chi connectivity index (χ4v) is 2.94. The van der Waals surface area contributed by atoms with Crippen LogP contribution in [0.15, 0.2) is 42.0 Å². The molecule has 16 heavy (non-hydrogen) atoms. The van der Waals surface area contributed by atoms with E-state index < -0.39 is 0 Å². The van der Waals surface area contributed by atoms with Crippen molar-refractivity contribution in [3.05, 3.63) is 47.5 Å². The summed E-state index contributed by atoms with van der Waals surface area (Å²) in [4.78, 5) is 11.3. The van der Waals surface area contributed by atoms with Crippen molar-refractivity contribution < 1.29 is 9.53 Å². The Morgan fingerprint density at radius 1 is 1.31 bits per heavy atom. The van der Waals surface area contributed by atoms with Gasteiger partial charge in [0.05, 0.1) is 12.7 Å². The number of ketones is 1. The van der Waals surface area contributed by atoms with Crippen molar-refractivity contribution in [2.24, 2.45) is 0 Å². The second-order valence-corrected chi connectivity index (χ2v) is 4.70. The van der Waals surface area contributed by atoms with E-state index in [-0.39, 0.29) is 11.9 Å². The van der Waals surface area contributed by atoms with Gasteiger partial charge in [0, 0.05) is 16.3 Å². The van der Waals surface area contributed by atoms with Gasteiger partial charge in [-0.25, -0.2) is 0 Å². The highest BCUT2D eigenvalue weighted by Gasteiger charge is 2.21. The molecule has 0 spiro atoms. The van der Waals surface area contributed by atoms with E-state index in [1.165, 1.54) is 22.4 Å². The molecule has 0 fully saturated rings. The Kier molecular flexibility index (Phi) is 2.26. The van der Waals surface area contributed by atoms with Crippen LogP contribution in [0.3, 0.4) is 0 Å². The first kappa shape index (κ1) is 9.60. The van der Waals surface area contributed by atoms with Crippen LogP contribution in [0, 0.1) is 0 Å². The molecule has 2 aromatic rings. The van der Waals surface area contributed by atoms with Crippen LogP contribution in [0.25, 0.3) is 10.1 Å². The second kappa shape index (κ2) is 3.76. The van der Waals surface area contributed by atoms with E-state index in [9.17, 15) is 4.79 Å². The molecule has 1 aromatic carbocycles. The minimum Gasteiger partial charge on any atom is -0.493 e. The zero-order chi connectivity index (χ0) is 11.0.